The highest BCUT2D eigenvalue weighted by atomic mass is 35.5. The van der Waals surface area contributed by atoms with E-state index < -0.39 is 0 Å². The molecule has 1 saturated carbocycles. The summed E-state index contributed by atoms with van der Waals surface area (Å²) in [4.78, 5) is 11.8. The predicted molar refractivity (Wildman–Crippen MR) is 83.6 cm³/mol. The van der Waals surface area contributed by atoms with Crippen LogP contribution in [0.3, 0.4) is 0 Å². The molecular weight excluding hydrogens is 313 g/mol. The Balaban J connectivity index is 1.73. The molecule has 7 heteroatoms. The number of amides is 2. The lowest BCUT2D eigenvalue weighted by Crippen LogP contribution is -2.39. The molecule has 0 aliphatic heterocycles. The number of nitrogens with one attached hydrogen (secondary N) is 2. The van der Waals surface area contributed by atoms with Gasteiger partial charge in [0.2, 0.25) is 0 Å². The van der Waals surface area contributed by atoms with Crippen LogP contribution in [0.4, 0.5) is 4.79 Å². The summed E-state index contributed by atoms with van der Waals surface area (Å²) in [5, 5.41) is 16.2. The molecule has 1 heterocycles. The van der Waals surface area contributed by atoms with E-state index in [2.05, 4.69) is 10.6 Å². The Morgan fingerprint density at radius 1 is 1.43 bits per heavy atom. The molecule has 1 aliphatic rings. The predicted octanol–water partition coefficient (Wildman–Crippen LogP) is 2.68. The van der Waals surface area contributed by atoms with Gasteiger partial charge in [-0.05, 0) is 31.2 Å². The van der Waals surface area contributed by atoms with Gasteiger partial charge in [0.25, 0.3) is 0 Å². The van der Waals surface area contributed by atoms with Crippen LogP contribution in [0.1, 0.15) is 31.4 Å². The SMILES string of the molecule is Cn1c(CNC(=O)NCC2CCCC(O)C2)cc(Cl)c1Cl. The number of nitrogens with zero attached hydrogens (tertiary/aromatic N) is 1. The van der Waals surface area contributed by atoms with Crippen molar-refractivity contribution in [2.75, 3.05) is 6.54 Å². The maximum Gasteiger partial charge on any atom is 0.315 e. The molecule has 2 unspecified atom stereocenters. The fourth-order valence-corrected chi connectivity index (χ4v) is 3.09. The van der Waals surface area contributed by atoms with Gasteiger partial charge in [-0.3, -0.25) is 0 Å². The molecule has 0 aromatic carbocycles. The molecule has 2 atom stereocenters. The normalized spacial score (nSPS) is 22.1. The maximum absolute atomic E-state index is 11.8. The van der Waals surface area contributed by atoms with Crippen molar-refractivity contribution in [1.29, 1.82) is 0 Å². The minimum atomic E-state index is -0.221. The monoisotopic (exact) mass is 333 g/mol. The van der Waals surface area contributed by atoms with Gasteiger partial charge in [-0.25, -0.2) is 4.79 Å². The second-order valence-electron chi connectivity index (χ2n) is 5.58. The van der Waals surface area contributed by atoms with Gasteiger partial charge in [0.1, 0.15) is 5.15 Å². The Hall–Kier alpha value is -0.910. The standard InChI is InChI=1S/C14H21Cl2N3O2/c1-19-10(6-12(15)13(19)16)8-18-14(21)17-7-9-3-2-4-11(20)5-9/h6,9,11,20H,2-5,7-8H2,1H3,(H2,17,18,21). The minimum Gasteiger partial charge on any atom is -0.393 e. The number of urea groups is 1. The summed E-state index contributed by atoms with van der Waals surface area (Å²) in [6.45, 7) is 0.958. The first kappa shape index (κ1) is 16.5. The van der Waals surface area contributed by atoms with Crippen molar-refractivity contribution in [2.45, 2.75) is 38.3 Å². The molecule has 1 fully saturated rings. The van der Waals surface area contributed by atoms with Crippen LogP contribution in [0.15, 0.2) is 6.07 Å². The highest BCUT2D eigenvalue weighted by Gasteiger charge is 2.20. The van der Waals surface area contributed by atoms with Crippen LogP contribution >= 0.6 is 23.2 Å². The van der Waals surface area contributed by atoms with E-state index >= 15 is 0 Å². The number of carbonyl (C=O) groups is 1. The Morgan fingerprint density at radius 2 is 2.19 bits per heavy atom. The van der Waals surface area contributed by atoms with Gasteiger partial charge in [0.15, 0.2) is 0 Å². The third-order valence-corrected chi connectivity index (χ3v) is 4.79. The van der Waals surface area contributed by atoms with E-state index in [-0.39, 0.29) is 12.1 Å². The van der Waals surface area contributed by atoms with E-state index in [1.165, 1.54) is 0 Å². The van der Waals surface area contributed by atoms with Crippen LogP contribution in [0.25, 0.3) is 0 Å². The lowest BCUT2D eigenvalue weighted by molar-refractivity contribution is 0.101. The first-order valence-electron chi connectivity index (χ1n) is 7.16. The molecule has 0 radical (unpaired) electrons. The van der Waals surface area contributed by atoms with Crippen LogP contribution in [-0.4, -0.2) is 28.4 Å². The summed E-state index contributed by atoms with van der Waals surface area (Å²) in [7, 11) is 1.80. The molecule has 0 spiro atoms. The highest BCUT2D eigenvalue weighted by Crippen LogP contribution is 2.25. The molecule has 1 aromatic rings. The molecule has 1 aromatic heterocycles. The zero-order chi connectivity index (χ0) is 15.4. The average molecular weight is 334 g/mol. The smallest absolute Gasteiger partial charge is 0.315 e. The fraction of sp³-hybridized carbons (Fsp3) is 0.643. The van der Waals surface area contributed by atoms with Crippen LogP contribution in [0.5, 0.6) is 0 Å². The van der Waals surface area contributed by atoms with Crippen molar-refractivity contribution in [3.63, 3.8) is 0 Å². The van der Waals surface area contributed by atoms with E-state index in [1.807, 2.05) is 0 Å². The van der Waals surface area contributed by atoms with E-state index in [0.29, 0.717) is 29.2 Å². The van der Waals surface area contributed by atoms with Crippen LogP contribution in [0, 0.1) is 5.92 Å². The molecule has 2 amide bonds. The number of aliphatic hydroxyl groups excluding tert-OH is 1. The van der Waals surface area contributed by atoms with Gasteiger partial charge in [-0.15, -0.1) is 0 Å². The lowest BCUT2D eigenvalue weighted by atomic mass is 9.87. The molecule has 0 saturated heterocycles. The summed E-state index contributed by atoms with van der Waals surface area (Å²) < 4.78 is 1.74. The van der Waals surface area contributed by atoms with Crippen molar-refractivity contribution < 1.29 is 9.90 Å². The average Bonchev–Trinajstić information content (AvgIpc) is 2.70. The van der Waals surface area contributed by atoms with Gasteiger partial charge in [-0.1, -0.05) is 29.6 Å². The first-order valence-corrected chi connectivity index (χ1v) is 7.92. The molecule has 5 nitrogen and oxygen atoms in total. The van der Waals surface area contributed by atoms with E-state index in [0.717, 1.165) is 31.4 Å². The Morgan fingerprint density at radius 3 is 2.81 bits per heavy atom. The number of hydrogen-bond acceptors (Lipinski definition) is 2. The highest BCUT2D eigenvalue weighted by molar-refractivity contribution is 6.41. The number of rotatable bonds is 4. The van der Waals surface area contributed by atoms with Gasteiger partial charge >= 0.3 is 6.03 Å². The number of aromatic nitrogens is 1. The zero-order valence-corrected chi connectivity index (χ0v) is 13.5. The Labute approximate surface area is 134 Å². The molecule has 118 valence electrons. The van der Waals surface area contributed by atoms with E-state index in [1.54, 1.807) is 17.7 Å². The van der Waals surface area contributed by atoms with Crippen molar-refractivity contribution in [1.82, 2.24) is 15.2 Å². The van der Waals surface area contributed by atoms with Crippen molar-refractivity contribution >= 4 is 29.2 Å². The molecule has 0 bridgehead atoms. The first-order chi connectivity index (χ1) is 9.97. The van der Waals surface area contributed by atoms with E-state index in [9.17, 15) is 9.90 Å². The van der Waals surface area contributed by atoms with Crippen LogP contribution in [-0.2, 0) is 13.6 Å². The van der Waals surface area contributed by atoms with Crippen LogP contribution in [0.2, 0.25) is 10.2 Å². The van der Waals surface area contributed by atoms with Gasteiger partial charge < -0.3 is 20.3 Å². The van der Waals surface area contributed by atoms with Crippen LogP contribution < -0.4 is 10.6 Å². The van der Waals surface area contributed by atoms with Gasteiger partial charge in [0.05, 0.1) is 17.7 Å². The molecule has 2 rings (SSSR count). The summed E-state index contributed by atoms with van der Waals surface area (Å²) in [5.41, 5.74) is 0.841. The fourth-order valence-electron chi connectivity index (χ4n) is 2.68. The Bertz CT molecular complexity index is 505. The Kier molecular flexibility index (Phi) is 5.79. The summed E-state index contributed by atoms with van der Waals surface area (Å²) in [6, 6.07) is 1.52. The summed E-state index contributed by atoms with van der Waals surface area (Å²) in [5.74, 6) is 0.360. The second kappa shape index (κ2) is 7.38. The van der Waals surface area contributed by atoms with Crippen molar-refractivity contribution in [3.8, 4) is 0 Å². The lowest BCUT2D eigenvalue weighted by Gasteiger charge is -2.25. The topological polar surface area (TPSA) is 66.3 Å². The number of aliphatic hydroxyl groups is 1. The maximum atomic E-state index is 11.8. The number of carbonyl (C=O) groups excluding carboxylic acids is 1. The van der Waals surface area contributed by atoms with E-state index in [4.69, 9.17) is 23.2 Å². The van der Waals surface area contributed by atoms with Crippen molar-refractivity contribution in [3.05, 3.63) is 21.9 Å². The van der Waals surface area contributed by atoms with Gasteiger partial charge in [0, 0.05) is 19.3 Å². The minimum absolute atomic E-state index is 0.219. The summed E-state index contributed by atoms with van der Waals surface area (Å²) in [6.07, 6.45) is 3.50. The largest absolute Gasteiger partial charge is 0.393 e. The third kappa shape index (κ3) is 4.53. The molecular formula is C14H21Cl2N3O2. The second-order valence-corrected chi connectivity index (χ2v) is 6.35. The number of halogens is 2. The zero-order valence-electron chi connectivity index (χ0n) is 12.0. The molecule has 3 N–H and O–H groups in total. The molecule has 21 heavy (non-hydrogen) atoms. The van der Waals surface area contributed by atoms with Gasteiger partial charge in [-0.2, -0.15) is 0 Å². The summed E-state index contributed by atoms with van der Waals surface area (Å²) >= 11 is 11.9. The van der Waals surface area contributed by atoms with Crippen molar-refractivity contribution in [2.24, 2.45) is 13.0 Å². The third-order valence-electron chi connectivity index (χ3n) is 3.95. The molecule has 1 aliphatic carbocycles. The quantitative estimate of drug-likeness (QED) is 0.793. The number of hydrogen-bond donors (Lipinski definition) is 3.